The molecule has 0 radical (unpaired) electrons. The molecule has 5 heteroatoms. The van der Waals surface area contributed by atoms with E-state index >= 15 is 0 Å². The predicted octanol–water partition coefficient (Wildman–Crippen LogP) is 5.52. The van der Waals surface area contributed by atoms with Crippen LogP contribution >= 0.6 is 0 Å². The van der Waals surface area contributed by atoms with Crippen LogP contribution in [0.5, 0.6) is 11.5 Å². The van der Waals surface area contributed by atoms with Gasteiger partial charge in [-0.15, -0.1) is 0 Å². The number of ether oxygens (including phenoxy) is 1. The number of amides is 1. The number of carbonyl (C=O) groups is 1. The van der Waals surface area contributed by atoms with E-state index < -0.39 is 0 Å². The maximum absolute atomic E-state index is 13.5. The highest BCUT2D eigenvalue weighted by Gasteiger charge is 2.66. The van der Waals surface area contributed by atoms with Crippen molar-refractivity contribution in [1.82, 2.24) is 9.80 Å². The first kappa shape index (κ1) is 25.4. The summed E-state index contributed by atoms with van der Waals surface area (Å²) < 4.78 is 6.75. The summed E-state index contributed by atoms with van der Waals surface area (Å²) in [5.74, 6) is 1.36. The molecule has 7 rings (SSSR count). The van der Waals surface area contributed by atoms with Crippen molar-refractivity contribution in [3.63, 3.8) is 0 Å². The van der Waals surface area contributed by atoms with Crippen LogP contribution in [0, 0.1) is 12.8 Å². The van der Waals surface area contributed by atoms with Crippen molar-refractivity contribution in [2.45, 2.75) is 62.6 Å². The molecule has 0 aromatic heterocycles. The van der Waals surface area contributed by atoms with E-state index in [4.69, 9.17) is 4.74 Å². The Morgan fingerprint density at radius 1 is 1.12 bits per heavy atom. The average molecular weight is 535 g/mol. The molecular weight excluding hydrogens is 496 g/mol. The molecule has 1 saturated carbocycles. The molecular formula is C35H38N2O3. The van der Waals surface area contributed by atoms with Gasteiger partial charge in [0.05, 0.1) is 6.04 Å². The van der Waals surface area contributed by atoms with Crippen molar-refractivity contribution in [2.24, 2.45) is 5.92 Å². The fourth-order valence-electron chi connectivity index (χ4n) is 8.41. The number of hydrogen-bond acceptors (Lipinski definition) is 4. The molecule has 0 unspecified atom stereocenters. The first-order chi connectivity index (χ1) is 19.5. The predicted molar refractivity (Wildman–Crippen MR) is 158 cm³/mol. The number of aromatic hydroxyl groups is 1. The Bertz CT molecular complexity index is 1470. The molecule has 1 N–H and O–H groups in total. The van der Waals surface area contributed by atoms with Gasteiger partial charge in [-0.2, -0.15) is 0 Å². The number of nitrogens with zero attached hydrogens (tertiary/aromatic N) is 2. The molecule has 3 aromatic rings. The van der Waals surface area contributed by atoms with Crippen LogP contribution in [0.4, 0.5) is 0 Å². The minimum atomic E-state index is -0.159. The van der Waals surface area contributed by atoms with Crippen molar-refractivity contribution in [3.8, 4) is 11.5 Å². The van der Waals surface area contributed by atoms with Gasteiger partial charge in [0.2, 0.25) is 5.91 Å². The summed E-state index contributed by atoms with van der Waals surface area (Å²) in [4.78, 5) is 18.1. The third-order valence-electron chi connectivity index (χ3n) is 10.2. The zero-order valence-corrected chi connectivity index (χ0v) is 23.4. The number of piperidine rings is 1. The molecule has 1 saturated heterocycles. The number of benzene rings is 3. The van der Waals surface area contributed by atoms with Gasteiger partial charge < -0.3 is 14.7 Å². The first-order valence-corrected chi connectivity index (χ1v) is 14.8. The lowest BCUT2D eigenvalue weighted by atomic mass is 9.51. The van der Waals surface area contributed by atoms with Crippen LogP contribution in [0.15, 0.2) is 72.8 Å². The van der Waals surface area contributed by atoms with E-state index in [-0.39, 0.29) is 29.2 Å². The fourth-order valence-corrected chi connectivity index (χ4v) is 8.41. The van der Waals surface area contributed by atoms with Crippen LogP contribution in [0.1, 0.15) is 47.1 Å². The molecule has 2 bridgehead atoms. The molecule has 3 aromatic carbocycles. The Kier molecular flexibility index (Phi) is 6.23. The molecule has 4 aliphatic rings. The zero-order chi connectivity index (χ0) is 27.4. The number of carbonyl (C=O) groups excluding carboxylic acids is 1. The van der Waals surface area contributed by atoms with Gasteiger partial charge in [-0.25, -0.2) is 0 Å². The summed E-state index contributed by atoms with van der Waals surface area (Å²) >= 11 is 0. The van der Waals surface area contributed by atoms with Crippen molar-refractivity contribution in [3.05, 3.63) is 101 Å². The molecule has 5 nitrogen and oxygen atoms in total. The summed E-state index contributed by atoms with van der Waals surface area (Å²) in [6, 6.07) is 23.3. The number of phenols is 1. The number of rotatable bonds is 6. The van der Waals surface area contributed by atoms with Crippen LogP contribution in [0.2, 0.25) is 0 Å². The normalized spacial score (nSPS) is 28.2. The Hall–Kier alpha value is -3.57. The molecule has 40 heavy (non-hydrogen) atoms. The number of likely N-dealkylation sites (tertiary alicyclic amines) is 1. The summed E-state index contributed by atoms with van der Waals surface area (Å²) in [5, 5.41) is 10.9. The lowest BCUT2D eigenvalue weighted by Crippen LogP contribution is -2.69. The van der Waals surface area contributed by atoms with Crippen LogP contribution < -0.4 is 4.74 Å². The molecule has 2 aliphatic carbocycles. The van der Waals surface area contributed by atoms with Gasteiger partial charge in [0.1, 0.15) is 6.10 Å². The molecule has 206 valence electrons. The second-order valence-corrected chi connectivity index (χ2v) is 12.3. The van der Waals surface area contributed by atoms with Crippen LogP contribution in [0.3, 0.4) is 0 Å². The van der Waals surface area contributed by atoms with E-state index in [2.05, 4.69) is 60.4 Å². The van der Waals surface area contributed by atoms with Gasteiger partial charge >= 0.3 is 0 Å². The fraction of sp³-hybridized carbons (Fsp3) is 0.400. The lowest BCUT2D eigenvalue weighted by Gasteiger charge is -2.60. The van der Waals surface area contributed by atoms with Gasteiger partial charge in [-0.1, -0.05) is 66.2 Å². The van der Waals surface area contributed by atoms with E-state index in [0.717, 1.165) is 50.8 Å². The molecule has 5 atom stereocenters. The topological polar surface area (TPSA) is 53.0 Å². The van der Waals surface area contributed by atoms with E-state index in [9.17, 15) is 9.90 Å². The van der Waals surface area contributed by atoms with Gasteiger partial charge in [-0.3, -0.25) is 9.69 Å². The Balaban J connectivity index is 1.18. The maximum Gasteiger partial charge on any atom is 0.246 e. The monoisotopic (exact) mass is 534 g/mol. The third kappa shape index (κ3) is 3.97. The van der Waals surface area contributed by atoms with Crippen LogP contribution in [0.25, 0.3) is 6.08 Å². The minimum absolute atomic E-state index is 0.00184. The SMILES string of the molecule is Cc1cccc(C=CC(=O)N(C)[C@H]2CC[C@H]3[C@H]4Cc5ccc(O)c6c5[C@@]3(CCN4CCc3ccccc3)[C@H]2O6)c1. The molecule has 2 heterocycles. The highest BCUT2D eigenvalue weighted by Crippen LogP contribution is 2.64. The second-order valence-electron chi connectivity index (χ2n) is 12.3. The summed E-state index contributed by atoms with van der Waals surface area (Å²) in [6.07, 6.45) is 8.47. The smallest absolute Gasteiger partial charge is 0.246 e. The van der Waals surface area contributed by atoms with E-state index in [0.29, 0.717) is 17.7 Å². The highest BCUT2D eigenvalue weighted by molar-refractivity contribution is 5.92. The van der Waals surface area contributed by atoms with Gasteiger partial charge in [0.25, 0.3) is 0 Å². The van der Waals surface area contributed by atoms with Crippen molar-refractivity contribution in [2.75, 3.05) is 20.1 Å². The summed E-state index contributed by atoms with van der Waals surface area (Å²) in [7, 11) is 1.92. The molecule has 2 fully saturated rings. The largest absolute Gasteiger partial charge is 0.504 e. The average Bonchev–Trinajstić information content (AvgIpc) is 3.32. The second kappa shape index (κ2) is 9.81. The quantitative estimate of drug-likeness (QED) is 0.423. The number of phenolic OH excluding ortho intramolecular Hbond substituents is 1. The van der Waals surface area contributed by atoms with E-state index in [1.807, 2.05) is 30.2 Å². The third-order valence-corrected chi connectivity index (χ3v) is 10.2. The lowest BCUT2D eigenvalue weighted by molar-refractivity contribution is -0.135. The standard InChI is InChI=1S/C35H38N2O3/c1-23-7-6-10-25(21-23)11-16-31(39)36(2)28-14-13-27-29-22-26-12-15-30(38)33-32(26)35(27,34(28)40-33)18-20-37(29)19-17-24-8-4-3-5-9-24/h3-12,15-16,21,27-29,34,38H,13-14,17-20,22H2,1-2H3/t27-,28-,29+,34-,35-/m0/s1. The maximum atomic E-state index is 13.5. The minimum Gasteiger partial charge on any atom is -0.504 e. The first-order valence-electron chi connectivity index (χ1n) is 14.8. The van der Waals surface area contributed by atoms with Gasteiger partial charge in [0, 0.05) is 36.7 Å². The summed E-state index contributed by atoms with van der Waals surface area (Å²) in [6.45, 7) is 4.13. The van der Waals surface area contributed by atoms with Crippen molar-refractivity contribution in [1.29, 1.82) is 0 Å². The van der Waals surface area contributed by atoms with E-state index in [1.165, 1.54) is 22.3 Å². The number of hydrogen-bond donors (Lipinski definition) is 1. The van der Waals surface area contributed by atoms with Crippen LogP contribution in [-0.4, -0.2) is 59.1 Å². The van der Waals surface area contributed by atoms with Crippen molar-refractivity contribution >= 4 is 12.0 Å². The van der Waals surface area contributed by atoms with E-state index in [1.54, 1.807) is 12.1 Å². The Labute approximate surface area is 237 Å². The Morgan fingerprint density at radius 3 is 2.80 bits per heavy atom. The zero-order valence-electron chi connectivity index (χ0n) is 23.4. The molecule has 2 aliphatic heterocycles. The van der Waals surface area contributed by atoms with Gasteiger partial charge in [-0.05, 0) is 80.3 Å². The highest BCUT2D eigenvalue weighted by atomic mass is 16.5. The molecule has 1 spiro atoms. The van der Waals surface area contributed by atoms with Gasteiger partial charge in [0.15, 0.2) is 11.5 Å². The molecule has 1 amide bonds. The van der Waals surface area contributed by atoms with Crippen molar-refractivity contribution < 1.29 is 14.6 Å². The number of likely N-dealkylation sites (N-methyl/N-ethyl adjacent to an activating group) is 1. The summed E-state index contributed by atoms with van der Waals surface area (Å²) in [5.41, 5.74) is 5.98. The Morgan fingerprint density at radius 2 is 1.98 bits per heavy atom. The number of aryl methyl sites for hydroxylation is 1. The van der Waals surface area contributed by atoms with Crippen LogP contribution in [-0.2, 0) is 23.1 Å².